The number of hydrogen-bond donors (Lipinski definition) is 1. The fourth-order valence-electron chi connectivity index (χ4n) is 1.55. The molecule has 1 N–H and O–H groups in total. The Hall–Kier alpha value is -2.91. The third kappa shape index (κ3) is 3.35. The summed E-state index contributed by atoms with van der Waals surface area (Å²) in [6.07, 6.45) is 1.38. The number of nitrogens with zero attached hydrogens (tertiary/aromatic N) is 3. The van der Waals surface area contributed by atoms with E-state index in [9.17, 15) is 23.7 Å². The Morgan fingerprint density at radius 1 is 1.38 bits per heavy atom. The normalized spacial score (nSPS) is 10.4. The summed E-state index contributed by atoms with van der Waals surface area (Å²) in [5, 5.41) is 16.4. The minimum Gasteiger partial charge on any atom is -0.351 e. The second-order valence-corrected chi connectivity index (χ2v) is 3.88. The Morgan fingerprint density at radius 2 is 2.10 bits per heavy atom. The third-order valence-electron chi connectivity index (χ3n) is 2.51. The summed E-state index contributed by atoms with van der Waals surface area (Å²) in [6, 6.07) is 0.845. The summed E-state index contributed by atoms with van der Waals surface area (Å²) >= 11 is 0. The first-order valence-electron chi connectivity index (χ1n) is 5.66. The highest BCUT2D eigenvalue weighted by Crippen LogP contribution is 2.22. The van der Waals surface area contributed by atoms with Crippen LogP contribution >= 0.6 is 0 Å². The molecule has 1 aromatic carbocycles. The van der Waals surface area contributed by atoms with Gasteiger partial charge in [0.15, 0.2) is 18.0 Å². The average molecular weight is 298 g/mol. The van der Waals surface area contributed by atoms with Crippen LogP contribution in [0.4, 0.5) is 14.5 Å². The SMILES string of the molecule is O=C(NCCc1ncno1)c1cc(F)c(F)cc1[N+](=O)[O-]. The molecule has 0 radical (unpaired) electrons. The summed E-state index contributed by atoms with van der Waals surface area (Å²) in [7, 11) is 0. The van der Waals surface area contributed by atoms with E-state index < -0.39 is 33.7 Å². The number of benzene rings is 1. The third-order valence-corrected chi connectivity index (χ3v) is 2.51. The summed E-state index contributed by atoms with van der Waals surface area (Å²) in [6.45, 7) is 0.0389. The molecular formula is C11H8F2N4O4. The number of carbonyl (C=O) groups is 1. The molecule has 110 valence electrons. The van der Waals surface area contributed by atoms with Gasteiger partial charge in [0.25, 0.3) is 11.6 Å². The fraction of sp³-hybridized carbons (Fsp3) is 0.182. The maximum absolute atomic E-state index is 13.1. The maximum Gasteiger partial charge on any atom is 0.285 e. The molecule has 21 heavy (non-hydrogen) atoms. The van der Waals surface area contributed by atoms with Crippen LogP contribution in [-0.2, 0) is 6.42 Å². The molecule has 10 heteroatoms. The van der Waals surface area contributed by atoms with Crippen LogP contribution in [0.5, 0.6) is 0 Å². The second-order valence-electron chi connectivity index (χ2n) is 3.88. The topological polar surface area (TPSA) is 111 Å². The van der Waals surface area contributed by atoms with Crippen molar-refractivity contribution in [3.8, 4) is 0 Å². The summed E-state index contributed by atoms with van der Waals surface area (Å²) in [5.41, 5.74) is -1.38. The molecule has 0 saturated carbocycles. The molecule has 0 aliphatic rings. The molecule has 0 bridgehead atoms. The van der Waals surface area contributed by atoms with E-state index in [4.69, 9.17) is 0 Å². The van der Waals surface area contributed by atoms with Crippen molar-refractivity contribution in [1.82, 2.24) is 15.5 Å². The van der Waals surface area contributed by atoms with Crippen LogP contribution in [0.3, 0.4) is 0 Å². The van der Waals surface area contributed by atoms with Crippen molar-refractivity contribution in [2.24, 2.45) is 0 Å². The number of rotatable bonds is 5. The minimum atomic E-state index is -1.40. The zero-order valence-electron chi connectivity index (χ0n) is 10.4. The first kappa shape index (κ1) is 14.5. The summed E-state index contributed by atoms with van der Waals surface area (Å²) in [5.74, 6) is -3.39. The molecule has 0 saturated heterocycles. The van der Waals surface area contributed by atoms with Gasteiger partial charge in [-0.1, -0.05) is 5.16 Å². The van der Waals surface area contributed by atoms with Crippen molar-refractivity contribution in [3.05, 3.63) is 51.7 Å². The predicted molar refractivity (Wildman–Crippen MR) is 63.3 cm³/mol. The standard InChI is InChI=1S/C11H8F2N4O4/c12-7-3-6(9(17(19)20)4-8(7)13)11(18)14-2-1-10-15-5-16-21-10/h3-5H,1-2H2,(H,14,18). The van der Waals surface area contributed by atoms with Crippen LogP contribution in [0.25, 0.3) is 0 Å². The molecule has 8 nitrogen and oxygen atoms in total. The molecule has 2 aromatic rings. The lowest BCUT2D eigenvalue weighted by atomic mass is 10.1. The first-order valence-corrected chi connectivity index (χ1v) is 5.66. The van der Waals surface area contributed by atoms with E-state index in [-0.39, 0.29) is 18.9 Å². The molecule has 0 aliphatic carbocycles. The number of nitro groups is 1. The molecule has 0 atom stereocenters. The van der Waals surface area contributed by atoms with E-state index in [2.05, 4.69) is 20.0 Å². The van der Waals surface area contributed by atoms with Gasteiger partial charge in [0, 0.05) is 13.0 Å². The molecular weight excluding hydrogens is 290 g/mol. The lowest BCUT2D eigenvalue weighted by molar-refractivity contribution is -0.385. The highest BCUT2D eigenvalue weighted by atomic mass is 19.2. The van der Waals surface area contributed by atoms with E-state index in [0.717, 1.165) is 0 Å². The van der Waals surface area contributed by atoms with E-state index in [0.29, 0.717) is 12.1 Å². The van der Waals surface area contributed by atoms with Crippen LogP contribution in [0.15, 0.2) is 23.0 Å². The molecule has 0 unspecified atom stereocenters. The van der Waals surface area contributed by atoms with Gasteiger partial charge < -0.3 is 9.84 Å². The molecule has 0 aliphatic heterocycles. The van der Waals surface area contributed by atoms with Crippen molar-refractivity contribution in [3.63, 3.8) is 0 Å². The van der Waals surface area contributed by atoms with Gasteiger partial charge in [-0.3, -0.25) is 14.9 Å². The molecule has 1 amide bonds. The largest absolute Gasteiger partial charge is 0.351 e. The molecule has 2 rings (SSSR count). The van der Waals surface area contributed by atoms with Gasteiger partial charge in [-0.15, -0.1) is 0 Å². The highest BCUT2D eigenvalue weighted by Gasteiger charge is 2.23. The zero-order valence-corrected chi connectivity index (χ0v) is 10.4. The molecule has 0 fully saturated rings. The number of nitrogens with one attached hydrogen (secondary N) is 1. The van der Waals surface area contributed by atoms with Gasteiger partial charge in [-0.25, -0.2) is 8.78 Å². The van der Waals surface area contributed by atoms with Crippen LogP contribution < -0.4 is 5.32 Å². The van der Waals surface area contributed by atoms with Crippen LogP contribution in [0, 0.1) is 21.7 Å². The average Bonchev–Trinajstić information content (AvgIpc) is 2.94. The summed E-state index contributed by atoms with van der Waals surface area (Å²) < 4.78 is 30.8. The number of hydrogen-bond acceptors (Lipinski definition) is 6. The number of halogens is 2. The van der Waals surface area contributed by atoms with E-state index >= 15 is 0 Å². The number of carbonyl (C=O) groups excluding carboxylic acids is 1. The van der Waals surface area contributed by atoms with Gasteiger partial charge in [-0.2, -0.15) is 4.98 Å². The number of amides is 1. The lowest BCUT2D eigenvalue weighted by Crippen LogP contribution is -2.26. The van der Waals surface area contributed by atoms with Gasteiger partial charge >= 0.3 is 0 Å². The van der Waals surface area contributed by atoms with Crippen LogP contribution in [0.1, 0.15) is 16.2 Å². The van der Waals surface area contributed by atoms with E-state index in [1.165, 1.54) is 6.33 Å². The van der Waals surface area contributed by atoms with Gasteiger partial charge in [0.2, 0.25) is 5.89 Å². The smallest absolute Gasteiger partial charge is 0.285 e. The van der Waals surface area contributed by atoms with Gasteiger partial charge in [-0.05, 0) is 6.07 Å². The van der Waals surface area contributed by atoms with Crippen molar-refractivity contribution >= 4 is 11.6 Å². The van der Waals surface area contributed by atoms with Crippen LogP contribution in [-0.4, -0.2) is 27.5 Å². The van der Waals surface area contributed by atoms with E-state index in [1.54, 1.807) is 0 Å². The maximum atomic E-state index is 13.1. The Morgan fingerprint density at radius 3 is 2.71 bits per heavy atom. The van der Waals surface area contributed by atoms with Crippen molar-refractivity contribution in [2.75, 3.05) is 6.54 Å². The van der Waals surface area contributed by atoms with Crippen molar-refractivity contribution in [1.29, 1.82) is 0 Å². The molecule has 0 spiro atoms. The Balaban J connectivity index is 2.11. The number of aromatic nitrogens is 2. The molecule has 1 aromatic heterocycles. The number of nitro benzene ring substituents is 1. The van der Waals surface area contributed by atoms with Gasteiger partial charge in [0.1, 0.15) is 5.56 Å². The van der Waals surface area contributed by atoms with Gasteiger partial charge in [0.05, 0.1) is 11.0 Å². The highest BCUT2D eigenvalue weighted by molar-refractivity contribution is 5.98. The van der Waals surface area contributed by atoms with Crippen molar-refractivity contribution in [2.45, 2.75) is 6.42 Å². The molecule has 1 heterocycles. The first-order chi connectivity index (χ1) is 9.99. The quantitative estimate of drug-likeness (QED) is 0.656. The van der Waals surface area contributed by atoms with Crippen LogP contribution in [0.2, 0.25) is 0 Å². The van der Waals surface area contributed by atoms with E-state index in [1.807, 2.05) is 0 Å². The fourth-order valence-corrected chi connectivity index (χ4v) is 1.55. The Labute approximate surface area is 115 Å². The Bertz CT molecular complexity index is 675. The zero-order chi connectivity index (χ0) is 15.4. The predicted octanol–water partition coefficient (Wildman–Crippen LogP) is 1.23. The minimum absolute atomic E-state index is 0.0389. The summed E-state index contributed by atoms with van der Waals surface area (Å²) in [4.78, 5) is 25.3. The second kappa shape index (κ2) is 6.03. The monoisotopic (exact) mass is 298 g/mol. The van der Waals surface area contributed by atoms with Crippen molar-refractivity contribution < 1.29 is 23.0 Å². The Kier molecular flexibility index (Phi) is 4.16. The lowest BCUT2D eigenvalue weighted by Gasteiger charge is -2.05.